The summed E-state index contributed by atoms with van der Waals surface area (Å²) in [4.78, 5) is 29.2. The molecule has 1 aliphatic heterocycles. The Morgan fingerprint density at radius 3 is 2.48 bits per heavy atom. The molecular formula is C25H16BrN3O2. The average Bonchev–Trinajstić information content (AvgIpc) is 3.30. The molecule has 2 N–H and O–H groups in total. The van der Waals surface area contributed by atoms with Gasteiger partial charge in [-0.25, -0.2) is 0 Å². The van der Waals surface area contributed by atoms with Crippen molar-refractivity contribution < 1.29 is 31.1 Å². The van der Waals surface area contributed by atoms with E-state index in [-0.39, 0.29) is 28.7 Å². The molecule has 6 heteroatoms. The molecular weight excluding hydrogens is 454 g/mol. The highest BCUT2D eigenvalue weighted by Crippen LogP contribution is 2.31. The number of pyridine rings is 1. The fourth-order valence-corrected chi connectivity index (χ4v) is 4.21. The number of carbonyl (C=O) groups is 2. The third kappa shape index (κ3) is 2.87. The number of rotatable bonds is 2. The summed E-state index contributed by atoms with van der Waals surface area (Å²) in [6, 6.07) is 24.5. The lowest BCUT2D eigenvalue weighted by Gasteiger charge is -2.05. The maximum absolute atomic E-state index is 13.1. The van der Waals surface area contributed by atoms with Crippen LogP contribution in [0.3, 0.4) is 0 Å². The smallest absolute Gasteiger partial charge is 0.284 e. The van der Waals surface area contributed by atoms with E-state index < -0.39 is 0 Å². The zero-order chi connectivity index (χ0) is 20.2. The second-order valence-corrected chi connectivity index (χ2v) is 7.37. The first-order valence-electron chi connectivity index (χ1n) is 9.71. The Bertz CT molecular complexity index is 1510. The van der Waals surface area contributed by atoms with Crippen molar-refractivity contribution in [1.29, 1.82) is 0 Å². The van der Waals surface area contributed by atoms with Crippen LogP contribution in [0.15, 0.2) is 85.1 Å². The number of H-pyrrole nitrogens is 1. The number of para-hydroxylation sites is 2. The lowest BCUT2D eigenvalue weighted by molar-refractivity contribution is -0.592. The molecule has 5 nitrogen and oxygen atoms in total. The van der Waals surface area contributed by atoms with Crippen molar-refractivity contribution in [1.82, 2.24) is 4.98 Å². The summed E-state index contributed by atoms with van der Waals surface area (Å²) in [6.07, 6.45) is 1.92. The average molecular weight is 470 g/mol. The number of ketones is 1. The normalized spacial score (nSPS) is 11.8. The number of halogens is 1. The zero-order valence-electron chi connectivity index (χ0n) is 16.2. The van der Waals surface area contributed by atoms with Crippen LogP contribution in [0.25, 0.3) is 27.5 Å². The van der Waals surface area contributed by atoms with Crippen LogP contribution in [0.2, 0.25) is 0 Å². The van der Waals surface area contributed by atoms with Crippen LogP contribution in [0.1, 0.15) is 26.4 Å². The topological polar surface area (TPSA) is 65.8 Å². The van der Waals surface area contributed by atoms with Gasteiger partial charge in [-0.05, 0) is 36.4 Å². The zero-order valence-corrected chi connectivity index (χ0v) is 17.8. The molecule has 2 aromatic heterocycles. The summed E-state index contributed by atoms with van der Waals surface area (Å²) in [6.45, 7) is 0. The first kappa shape index (κ1) is 19.2. The molecule has 0 radical (unpaired) electrons. The number of carbonyl (C=O) groups excluding carboxylic acids is 2. The first-order chi connectivity index (χ1) is 14.7. The van der Waals surface area contributed by atoms with Gasteiger partial charge in [0, 0.05) is 39.7 Å². The van der Waals surface area contributed by atoms with Gasteiger partial charge in [0.15, 0.2) is 6.20 Å². The van der Waals surface area contributed by atoms with E-state index in [1.165, 1.54) is 0 Å². The van der Waals surface area contributed by atoms with Gasteiger partial charge in [0.25, 0.3) is 17.4 Å². The van der Waals surface area contributed by atoms with Crippen molar-refractivity contribution in [3.63, 3.8) is 0 Å². The summed E-state index contributed by atoms with van der Waals surface area (Å²) in [5.74, 6) is -0.165. The minimum atomic E-state index is -0.170. The molecule has 1 aliphatic rings. The maximum atomic E-state index is 13.1. The molecule has 0 fully saturated rings. The minimum absolute atomic E-state index is 0. The number of nitrogens with zero attached hydrogens (tertiary/aromatic N) is 1. The van der Waals surface area contributed by atoms with Crippen molar-refractivity contribution in [2.75, 3.05) is 5.32 Å². The van der Waals surface area contributed by atoms with Crippen molar-refractivity contribution in [2.24, 2.45) is 0 Å². The number of amides is 1. The van der Waals surface area contributed by atoms with Crippen LogP contribution in [0, 0.1) is 0 Å². The molecule has 3 aromatic carbocycles. The second-order valence-electron chi connectivity index (χ2n) is 7.37. The summed E-state index contributed by atoms with van der Waals surface area (Å²) >= 11 is 0. The van der Waals surface area contributed by atoms with Crippen LogP contribution >= 0.6 is 0 Å². The van der Waals surface area contributed by atoms with Crippen molar-refractivity contribution >= 4 is 39.2 Å². The second kappa shape index (κ2) is 7.18. The number of anilines is 1. The van der Waals surface area contributed by atoms with Crippen LogP contribution < -0.4 is 26.9 Å². The molecule has 31 heavy (non-hydrogen) atoms. The van der Waals surface area contributed by atoms with E-state index in [2.05, 4.69) is 10.3 Å². The molecule has 0 atom stereocenters. The SMILES string of the molecule is O=C(Nc1ccccc1)c1ccc2[nH]c3c4[n+](ccc3c2c1)-c1ccccc1C4=O.[Br-]. The summed E-state index contributed by atoms with van der Waals surface area (Å²) in [7, 11) is 0. The molecule has 0 bridgehead atoms. The molecule has 6 rings (SSSR count). The van der Waals surface area contributed by atoms with E-state index >= 15 is 0 Å². The standard InChI is InChI=1S/C25H15N3O2.BrH/c29-24-18-8-4-5-9-21(18)28-13-12-17-19-14-15(10-11-20(19)27-22(17)23(24)28)25(30)26-16-6-2-1-3-7-16;/h1-14H,(H,26,30);1H. The largest absolute Gasteiger partial charge is 1.00 e. The van der Waals surface area contributed by atoms with Gasteiger partial charge in [0.2, 0.25) is 5.69 Å². The molecule has 0 saturated heterocycles. The number of aromatic nitrogens is 2. The number of hydrogen-bond donors (Lipinski definition) is 2. The van der Waals surface area contributed by atoms with E-state index in [1.54, 1.807) is 6.07 Å². The predicted octanol–water partition coefficient (Wildman–Crippen LogP) is 1.40. The van der Waals surface area contributed by atoms with E-state index in [1.807, 2.05) is 83.6 Å². The molecule has 0 spiro atoms. The van der Waals surface area contributed by atoms with Crippen molar-refractivity contribution in [3.05, 3.63) is 102 Å². The van der Waals surface area contributed by atoms with Gasteiger partial charge in [0.05, 0.1) is 0 Å². The molecule has 0 aliphatic carbocycles. The summed E-state index contributed by atoms with van der Waals surface area (Å²) < 4.78 is 1.93. The van der Waals surface area contributed by atoms with Crippen LogP contribution in [0.5, 0.6) is 0 Å². The van der Waals surface area contributed by atoms with Crippen molar-refractivity contribution in [3.8, 4) is 5.69 Å². The Kier molecular flexibility index (Phi) is 4.45. The summed E-state index contributed by atoms with van der Waals surface area (Å²) in [5.41, 5.74) is 5.20. The van der Waals surface area contributed by atoms with E-state index in [0.717, 1.165) is 33.2 Å². The third-order valence-electron chi connectivity index (χ3n) is 5.62. The predicted molar refractivity (Wildman–Crippen MR) is 115 cm³/mol. The van der Waals surface area contributed by atoms with Crippen LogP contribution in [0.4, 0.5) is 5.69 Å². The lowest BCUT2D eigenvalue weighted by atomic mass is 10.1. The monoisotopic (exact) mass is 469 g/mol. The highest BCUT2D eigenvalue weighted by atomic mass is 79.9. The molecule has 3 heterocycles. The Morgan fingerprint density at radius 2 is 1.65 bits per heavy atom. The highest BCUT2D eigenvalue weighted by Gasteiger charge is 2.38. The van der Waals surface area contributed by atoms with Gasteiger partial charge in [-0.1, -0.05) is 30.3 Å². The molecule has 0 unspecified atom stereocenters. The van der Waals surface area contributed by atoms with Crippen LogP contribution in [-0.4, -0.2) is 16.7 Å². The number of hydrogen-bond acceptors (Lipinski definition) is 2. The van der Waals surface area contributed by atoms with E-state index in [4.69, 9.17) is 0 Å². The fourth-order valence-electron chi connectivity index (χ4n) is 4.21. The Hall–Kier alpha value is -3.77. The van der Waals surface area contributed by atoms with Gasteiger partial charge in [-0.2, -0.15) is 4.57 Å². The highest BCUT2D eigenvalue weighted by molar-refractivity contribution is 6.21. The quantitative estimate of drug-likeness (QED) is 0.376. The van der Waals surface area contributed by atoms with Crippen molar-refractivity contribution in [2.45, 2.75) is 0 Å². The molecule has 150 valence electrons. The molecule has 0 saturated carbocycles. The Labute approximate surface area is 188 Å². The fraction of sp³-hybridized carbons (Fsp3) is 0. The van der Waals surface area contributed by atoms with E-state index in [0.29, 0.717) is 16.8 Å². The Balaban J connectivity index is 0.00000204. The molecule has 1 amide bonds. The van der Waals surface area contributed by atoms with Gasteiger partial charge >= 0.3 is 0 Å². The maximum Gasteiger partial charge on any atom is 0.284 e. The molecule has 5 aromatic rings. The lowest BCUT2D eigenvalue weighted by Crippen LogP contribution is -3.00. The number of nitrogens with one attached hydrogen (secondary N) is 2. The van der Waals surface area contributed by atoms with Crippen LogP contribution in [-0.2, 0) is 0 Å². The van der Waals surface area contributed by atoms with Gasteiger partial charge in [-0.15, -0.1) is 0 Å². The number of aromatic amines is 1. The van der Waals surface area contributed by atoms with E-state index in [9.17, 15) is 9.59 Å². The third-order valence-corrected chi connectivity index (χ3v) is 5.62. The van der Waals surface area contributed by atoms with Gasteiger partial charge in [-0.3, -0.25) is 9.59 Å². The van der Waals surface area contributed by atoms with Gasteiger partial charge in [0.1, 0.15) is 11.1 Å². The summed E-state index contributed by atoms with van der Waals surface area (Å²) in [5, 5.41) is 4.75. The number of fused-ring (bicyclic) bond motifs is 7. The Morgan fingerprint density at radius 1 is 0.871 bits per heavy atom. The first-order valence-corrected chi connectivity index (χ1v) is 9.71. The van der Waals surface area contributed by atoms with Gasteiger partial charge < -0.3 is 27.3 Å². The number of benzene rings is 3. The minimum Gasteiger partial charge on any atom is -1.00 e.